The van der Waals surface area contributed by atoms with Crippen LogP contribution in [0.4, 0.5) is 0 Å². The minimum Gasteiger partial charge on any atom is -0.477 e. The first kappa shape index (κ1) is 12.2. The van der Waals surface area contributed by atoms with Gasteiger partial charge in [0.25, 0.3) is 0 Å². The van der Waals surface area contributed by atoms with Gasteiger partial charge in [-0.25, -0.2) is 4.79 Å². The van der Waals surface area contributed by atoms with Crippen molar-refractivity contribution in [3.8, 4) is 0 Å². The third-order valence-corrected chi connectivity index (χ3v) is 2.13. The molecule has 0 saturated carbocycles. The molecule has 0 heterocycles. The van der Waals surface area contributed by atoms with E-state index in [1.54, 1.807) is 0 Å². The quantitative estimate of drug-likeness (QED) is 0.700. The van der Waals surface area contributed by atoms with Crippen molar-refractivity contribution in [1.29, 1.82) is 0 Å². The van der Waals surface area contributed by atoms with Crippen molar-refractivity contribution in [3.05, 3.63) is 10.6 Å². The van der Waals surface area contributed by atoms with Gasteiger partial charge in [0, 0.05) is 6.42 Å². The van der Waals surface area contributed by atoms with Gasteiger partial charge in [-0.1, -0.05) is 18.5 Å². The highest BCUT2D eigenvalue weighted by atomic mass is 35.5. The Hall–Kier alpha value is -0.830. The Kier molecular flexibility index (Phi) is 5.39. The average Bonchev–Trinajstić information content (AvgIpc) is 2.04. The van der Waals surface area contributed by atoms with Crippen molar-refractivity contribution in [2.75, 3.05) is 0 Å². The van der Waals surface area contributed by atoms with Crippen LogP contribution in [0.25, 0.3) is 0 Å². The second-order valence-corrected chi connectivity index (χ2v) is 3.16. The second-order valence-electron chi connectivity index (χ2n) is 2.78. The lowest BCUT2D eigenvalue weighted by Crippen LogP contribution is -2.00. The number of hydrogen-bond donors (Lipinski definition) is 1. The topological polar surface area (TPSA) is 54.4 Å². The van der Waals surface area contributed by atoms with Crippen LogP contribution >= 0.6 is 11.6 Å². The van der Waals surface area contributed by atoms with Crippen LogP contribution in [0.5, 0.6) is 0 Å². The monoisotopic (exact) mass is 204 g/mol. The molecule has 0 rings (SSSR count). The Labute approximate surface area is 82.4 Å². The number of hydrogen-bond acceptors (Lipinski definition) is 2. The fourth-order valence-electron chi connectivity index (χ4n) is 0.920. The minimum absolute atomic E-state index is 0.0424. The number of carboxylic acids is 1. The van der Waals surface area contributed by atoms with Gasteiger partial charge in [0.1, 0.15) is 10.8 Å². The molecule has 0 bridgehead atoms. The largest absolute Gasteiger partial charge is 0.477 e. The normalized spacial score (nSPS) is 12.2. The summed E-state index contributed by atoms with van der Waals surface area (Å²) in [6.45, 7) is 3.29. The summed E-state index contributed by atoms with van der Waals surface area (Å²) >= 11 is 5.53. The number of rotatable bonds is 5. The summed E-state index contributed by atoms with van der Waals surface area (Å²) in [6, 6.07) is 0. The molecular formula is C9H13ClO3. The minimum atomic E-state index is -1.12. The summed E-state index contributed by atoms with van der Waals surface area (Å²) in [5.74, 6) is -1.08. The molecule has 13 heavy (non-hydrogen) atoms. The Morgan fingerprint density at radius 2 is 1.85 bits per heavy atom. The van der Waals surface area contributed by atoms with Crippen molar-refractivity contribution in [1.82, 2.24) is 0 Å². The Balaban J connectivity index is 4.41. The molecule has 0 aliphatic carbocycles. The van der Waals surface area contributed by atoms with Gasteiger partial charge in [-0.2, -0.15) is 0 Å². The maximum absolute atomic E-state index is 10.6. The SMILES string of the molecule is CCC(CCC(C)=O)=C(Cl)C(=O)O. The fraction of sp³-hybridized carbons (Fsp3) is 0.556. The Morgan fingerprint density at radius 1 is 1.31 bits per heavy atom. The molecule has 0 unspecified atom stereocenters. The first-order valence-corrected chi connectivity index (χ1v) is 4.47. The molecule has 0 aromatic carbocycles. The van der Waals surface area contributed by atoms with Gasteiger partial charge in [-0.3, -0.25) is 0 Å². The van der Waals surface area contributed by atoms with E-state index < -0.39 is 5.97 Å². The standard InChI is InChI=1S/C9H13ClO3/c1-3-7(5-4-6(2)11)8(10)9(12)13/h3-5H2,1-2H3,(H,12,13). The van der Waals surface area contributed by atoms with E-state index in [0.29, 0.717) is 24.8 Å². The lowest BCUT2D eigenvalue weighted by Gasteiger charge is -2.03. The summed E-state index contributed by atoms with van der Waals surface area (Å²) in [7, 11) is 0. The second kappa shape index (κ2) is 5.75. The maximum atomic E-state index is 10.6. The molecule has 0 radical (unpaired) electrons. The molecule has 0 amide bonds. The highest BCUT2D eigenvalue weighted by molar-refractivity contribution is 6.41. The zero-order chi connectivity index (χ0) is 10.4. The van der Waals surface area contributed by atoms with Gasteiger partial charge in [0.15, 0.2) is 0 Å². The van der Waals surface area contributed by atoms with E-state index in [-0.39, 0.29) is 10.8 Å². The number of aliphatic carboxylic acids is 1. The lowest BCUT2D eigenvalue weighted by molar-refractivity contribution is -0.132. The Morgan fingerprint density at radius 3 is 2.15 bits per heavy atom. The molecule has 4 heteroatoms. The third-order valence-electron chi connectivity index (χ3n) is 1.70. The van der Waals surface area contributed by atoms with Crippen LogP contribution in [-0.2, 0) is 9.59 Å². The first-order valence-electron chi connectivity index (χ1n) is 4.09. The van der Waals surface area contributed by atoms with E-state index in [0.717, 1.165) is 0 Å². The van der Waals surface area contributed by atoms with Gasteiger partial charge >= 0.3 is 5.97 Å². The van der Waals surface area contributed by atoms with E-state index in [1.807, 2.05) is 6.92 Å². The summed E-state index contributed by atoms with van der Waals surface area (Å²) in [6.07, 6.45) is 1.36. The molecule has 0 aliphatic heterocycles. The maximum Gasteiger partial charge on any atom is 0.347 e. The summed E-state index contributed by atoms with van der Waals surface area (Å²) < 4.78 is 0. The number of halogens is 1. The smallest absolute Gasteiger partial charge is 0.347 e. The van der Waals surface area contributed by atoms with Crippen LogP contribution in [-0.4, -0.2) is 16.9 Å². The molecule has 0 fully saturated rings. The van der Waals surface area contributed by atoms with Crippen molar-refractivity contribution >= 4 is 23.4 Å². The first-order chi connectivity index (χ1) is 5.99. The molecule has 0 saturated heterocycles. The van der Waals surface area contributed by atoms with E-state index in [9.17, 15) is 9.59 Å². The van der Waals surface area contributed by atoms with Crippen molar-refractivity contribution in [2.24, 2.45) is 0 Å². The molecule has 1 N–H and O–H groups in total. The molecule has 0 spiro atoms. The van der Waals surface area contributed by atoms with Gasteiger partial charge in [0.05, 0.1) is 0 Å². The van der Waals surface area contributed by atoms with Crippen LogP contribution in [0.3, 0.4) is 0 Å². The van der Waals surface area contributed by atoms with Gasteiger partial charge in [0.2, 0.25) is 0 Å². The van der Waals surface area contributed by atoms with Crippen LogP contribution in [0.1, 0.15) is 33.1 Å². The number of carbonyl (C=O) groups is 2. The molecule has 3 nitrogen and oxygen atoms in total. The van der Waals surface area contributed by atoms with Crippen LogP contribution < -0.4 is 0 Å². The summed E-state index contributed by atoms with van der Waals surface area (Å²) in [5.41, 5.74) is 0.629. The molecule has 0 aromatic rings. The zero-order valence-electron chi connectivity index (χ0n) is 7.76. The average molecular weight is 205 g/mol. The van der Waals surface area contributed by atoms with Crippen LogP contribution in [0.15, 0.2) is 10.6 Å². The van der Waals surface area contributed by atoms with Crippen molar-refractivity contribution < 1.29 is 14.7 Å². The Bertz CT molecular complexity index is 243. The highest BCUT2D eigenvalue weighted by Crippen LogP contribution is 2.18. The van der Waals surface area contributed by atoms with Crippen LogP contribution in [0, 0.1) is 0 Å². The van der Waals surface area contributed by atoms with E-state index in [2.05, 4.69) is 0 Å². The number of carboxylic acid groups (broad SMARTS) is 1. The van der Waals surface area contributed by atoms with E-state index in [1.165, 1.54) is 6.92 Å². The molecule has 74 valence electrons. The van der Waals surface area contributed by atoms with Crippen molar-refractivity contribution in [2.45, 2.75) is 33.1 Å². The predicted octanol–water partition coefficient (Wildman–Crippen LogP) is 2.34. The number of Topliss-reactive ketones (excluding diaryl/α,β-unsaturated/α-hetero) is 1. The number of carbonyl (C=O) groups excluding carboxylic acids is 1. The third kappa shape index (κ3) is 4.68. The highest BCUT2D eigenvalue weighted by Gasteiger charge is 2.10. The zero-order valence-corrected chi connectivity index (χ0v) is 8.52. The number of allylic oxidation sites excluding steroid dienone is 1. The molecule has 0 atom stereocenters. The summed E-state index contributed by atoms with van der Waals surface area (Å²) in [4.78, 5) is 21.1. The van der Waals surface area contributed by atoms with Crippen molar-refractivity contribution in [3.63, 3.8) is 0 Å². The molecule has 0 aromatic heterocycles. The lowest BCUT2D eigenvalue weighted by atomic mass is 10.1. The molecular weight excluding hydrogens is 192 g/mol. The number of ketones is 1. The van der Waals surface area contributed by atoms with Gasteiger partial charge in [-0.15, -0.1) is 0 Å². The van der Waals surface area contributed by atoms with Gasteiger partial charge < -0.3 is 9.90 Å². The van der Waals surface area contributed by atoms with Crippen LogP contribution in [0.2, 0.25) is 0 Å². The van der Waals surface area contributed by atoms with E-state index >= 15 is 0 Å². The van der Waals surface area contributed by atoms with E-state index in [4.69, 9.17) is 16.7 Å². The van der Waals surface area contributed by atoms with Gasteiger partial charge in [-0.05, 0) is 25.3 Å². The fourth-order valence-corrected chi connectivity index (χ4v) is 1.15. The predicted molar refractivity (Wildman–Crippen MR) is 50.7 cm³/mol. The summed E-state index contributed by atoms with van der Waals surface area (Å²) in [5, 5.41) is 8.42. The molecule has 0 aliphatic rings.